The van der Waals surface area contributed by atoms with Crippen molar-refractivity contribution in [2.24, 2.45) is 0 Å². The largest absolute Gasteiger partial charge is 0.356 e. The number of aromatic nitrogens is 2. The highest BCUT2D eigenvalue weighted by atomic mass is 35.5. The van der Waals surface area contributed by atoms with Crippen molar-refractivity contribution in [1.29, 1.82) is 0 Å². The Morgan fingerprint density at radius 2 is 1.81 bits per heavy atom. The monoisotopic (exact) mass is 440 g/mol. The number of hydrogen-bond acceptors (Lipinski definition) is 6. The molecule has 0 spiro atoms. The summed E-state index contributed by atoms with van der Waals surface area (Å²) in [5.41, 5.74) is 2.89. The number of hydrogen-bond donors (Lipinski definition) is 1. The van der Waals surface area contributed by atoms with Crippen molar-refractivity contribution in [3.63, 3.8) is 0 Å². The van der Waals surface area contributed by atoms with Gasteiger partial charge in [-0.3, -0.25) is 4.79 Å². The summed E-state index contributed by atoms with van der Waals surface area (Å²) in [7, 11) is 0. The number of fused-ring (bicyclic) bond motifs is 1. The number of anilines is 2. The molecule has 0 saturated carbocycles. The Labute approximate surface area is 188 Å². The Morgan fingerprint density at radius 1 is 1.00 bits per heavy atom. The van der Waals surface area contributed by atoms with Crippen molar-refractivity contribution in [2.75, 3.05) is 62.2 Å². The molecule has 0 atom stereocenters. The van der Waals surface area contributed by atoms with Crippen molar-refractivity contribution < 1.29 is 4.79 Å². The number of carbonyl (C=O) groups excluding carboxylic acids is 1. The molecule has 3 aliphatic rings. The van der Waals surface area contributed by atoms with Gasteiger partial charge in [0.2, 0.25) is 5.91 Å². The van der Waals surface area contributed by atoms with Gasteiger partial charge in [-0.15, -0.1) is 0 Å². The first-order valence-electron chi connectivity index (χ1n) is 11.3. The lowest BCUT2D eigenvalue weighted by Gasteiger charge is -2.27. The van der Waals surface area contributed by atoms with E-state index in [1.165, 1.54) is 25.9 Å². The second kappa shape index (κ2) is 9.10. The average Bonchev–Trinajstić information content (AvgIpc) is 3.45. The highest BCUT2D eigenvalue weighted by molar-refractivity contribution is 6.30. The fourth-order valence-corrected chi connectivity index (χ4v) is 5.04. The Hall–Kier alpha value is -2.22. The number of piperazine rings is 1. The highest BCUT2D eigenvalue weighted by Crippen LogP contribution is 2.33. The lowest BCUT2D eigenvalue weighted by molar-refractivity contribution is -0.118. The van der Waals surface area contributed by atoms with Crippen LogP contribution >= 0.6 is 11.6 Å². The van der Waals surface area contributed by atoms with Crippen LogP contribution in [-0.2, 0) is 11.2 Å². The second-order valence-corrected chi connectivity index (χ2v) is 8.91. The van der Waals surface area contributed by atoms with Crippen LogP contribution < -0.4 is 15.1 Å². The van der Waals surface area contributed by atoms with Gasteiger partial charge in [-0.25, -0.2) is 9.97 Å². The van der Waals surface area contributed by atoms with Crippen LogP contribution in [0.15, 0.2) is 24.3 Å². The molecule has 8 heteroatoms. The summed E-state index contributed by atoms with van der Waals surface area (Å²) in [5, 5.41) is 3.66. The first-order valence-corrected chi connectivity index (χ1v) is 11.7. The van der Waals surface area contributed by atoms with Crippen LogP contribution in [0.2, 0.25) is 5.15 Å². The highest BCUT2D eigenvalue weighted by Gasteiger charge is 2.26. The lowest BCUT2D eigenvalue weighted by Crippen LogP contribution is -2.48. The number of nitrogens with one attached hydrogen (secondary N) is 1. The molecule has 4 heterocycles. The molecule has 5 rings (SSSR count). The molecule has 0 bridgehead atoms. The molecule has 0 aliphatic carbocycles. The normalized spacial score (nSPS) is 19.3. The van der Waals surface area contributed by atoms with E-state index in [0.29, 0.717) is 24.1 Å². The zero-order chi connectivity index (χ0) is 21.2. The molecule has 0 radical (unpaired) electrons. The average molecular weight is 441 g/mol. The molecule has 31 heavy (non-hydrogen) atoms. The summed E-state index contributed by atoms with van der Waals surface area (Å²) in [6, 6.07) is 7.90. The van der Waals surface area contributed by atoms with Crippen LogP contribution in [0.25, 0.3) is 11.4 Å². The molecule has 7 nitrogen and oxygen atoms in total. The van der Waals surface area contributed by atoms with Gasteiger partial charge in [-0.2, -0.15) is 0 Å². The molecule has 2 aromatic rings. The minimum absolute atomic E-state index is 0.0976. The second-order valence-electron chi connectivity index (χ2n) is 8.55. The van der Waals surface area contributed by atoms with E-state index in [2.05, 4.69) is 20.1 Å². The van der Waals surface area contributed by atoms with E-state index in [1.807, 2.05) is 29.2 Å². The Balaban J connectivity index is 1.31. The summed E-state index contributed by atoms with van der Waals surface area (Å²) in [6.07, 6.45) is 4.71. The zero-order valence-corrected chi connectivity index (χ0v) is 18.6. The number of nitrogens with zero attached hydrogens (tertiary/aromatic N) is 5. The quantitative estimate of drug-likeness (QED) is 0.696. The van der Waals surface area contributed by atoms with Gasteiger partial charge in [-0.1, -0.05) is 11.6 Å². The number of rotatable bonds is 6. The SMILES string of the molecule is O=C1CNCCN1c1ccc(-c2nc(Cl)c3c(n2)N(CCCN2CCCC2)CC3)cc1. The Bertz CT molecular complexity index is 944. The van der Waals surface area contributed by atoms with E-state index in [4.69, 9.17) is 16.6 Å². The van der Waals surface area contributed by atoms with E-state index < -0.39 is 0 Å². The van der Waals surface area contributed by atoms with Gasteiger partial charge >= 0.3 is 0 Å². The molecule has 1 aromatic carbocycles. The first-order chi connectivity index (χ1) is 15.2. The van der Waals surface area contributed by atoms with E-state index >= 15 is 0 Å². The van der Waals surface area contributed by atoms with Crippen molar-refractivity contribution in [1.82, 2.24) is 20.2 Å². The topological polar surface area (TPSA) is 64.6 Å². The van der Waals surface area contributed by atoms with Crippen molar-refractivity contribution >= 4 is 29.0 Å². The number of likely N-dealkylation sites (tertiary alicyclic amines) is 1. The predicted molar refractivity (Wildman–Crippen MR) is 124 cm³/mol. The van der Waals surface area contributed by atoms with Crippen LogP contribution in [0.4, 0.5) is 11.5 Å². The van der Waals surface area contributed by atoms with Crippen molar-refractivity contribution in [3.05, 3.63) is 35.0 Å². The van der Waals surface area contributed by atoms with E-state index in [9.17, 15) is 4.79 Å². The number of benzene rings is 1. The van der Waals surface area contributed by atoms with Crippen LogP contribution in [0.3, 0.4) is 0 Å². The first kappa shape index (κ1) is 20.7. The van der Waals surface area contributed by atoms with Gasteiger partial charge in [0.1, 0.15) is 11.0 Å². The maximum Gasteiger partial charge on any atom is 0.240 e. The molecule has 3 aliphatic heterocycles. The van der Waals surface area contributed by atoms with Crippen LogP contribution in [0.1, 0.15) is 24.8 Å². The van der Waals surface area contributed by atoms with E-state index in [-0.39, 0.29) is 5.91 Å². The van der Waals surface area contributed by atoms with Gasteiger partial charge in [0.25, 0.3) is 0 Å². The third-order valence-corrected chi connectivity index (χ3v) is 6.81. The zero-order valence-electron chi connectivity index (χ0n) is 17.8. The predicted octanol–water partition coefficient (Wildman–Crippen LogP) is 2.58. The van der Waals surface area contributed by atoms with Gasteiger partial charge in [0.05, 0.1) is 6.54 Å². The lowest BCUT2D eigenvalue weighted by atomic mass is 10.1. The Morgan fingerprint density at radius 3 is 2.58 bits per heavy atom. The number of carbonyl (C=O) groups is 1. The van der Waals surface area contributed by atoms with Gasteiger partial charge in [-0.05, 0) is 69.6 Å². The van der Waals surface area contributed by atoms with Crippen molar-refractivity contribution in [3.8, 4) is 11.4 Å². The summed E-state index contributed by atoms with van der Waals surface area (Å²) < 4.78 is 0. The minimum atomic E-state index is 0.0976. The maximum atomic E-state index is 12.1. The summed E-state index contributed by atoms with van der Waals surface area (Å²) >= 11 is 6.55. The molecular weight excluding hydrogens is 412 g/mol. The Kier molecular flexibility index (Phi) is 6.07. The standard InChI is InChI=1S/C23H29ClN6O/c24-21-19-8-14-29(13-3-12-28-10-1-2-11-28)23(19)27-22(26-21)17-4-6-18(7-5-17)30-15-9-25-16-20(30)31/h4-7,25H,1-3,8-16H2. The summed E-state index contributed by atoms with van der Waals surface area (Å²) in [5.74, 6) is 1.73. The summed E-state index contributed by atoms with van der Waals surface area (Å²) in [6.45, 7) is 7.48. The van der Waals surface area contributed by atoms with Gasteiger partial charge in [0, 0.05) is 43.0 Å². The van der Waals surface area contributed by atoms with Gasteiger partial charge < -0.3 is 20.0 Å². The fraction of sp³-hybridized carbons (Fsp3) is 0.522. The molecule has 2 saturated heterocycles. The van der Waals surface area contributed by atoms with Crippen LogP contribution in [0, 0.1) is 0 Å². The molecule has 1 N–H and O–H groups in total. The van der Waals surface area contributed by atoms with Crippen LogP contribution in [-0.4, -0.2) is 73.1 Å². The molecule has 1 aromatic heterocycles. The molecular formula is C23H29ClN6O. The molecule has 2 fully saturated rings. The van der Waals surface area contributed by atoms with Crippen molar-refractivity contribution in [2.45, 2.75) is 25.7 Å². The van der Waals surface area contributed by atoms with E-state index in [1.54, 1.807) is 0 Å². The van der Waals surface area contributed by atoms with E-state index in [0.717, 1.165) is 61.7 Å². The van der Waals surface area contributed by atoms with Crippen LogP contribution in [0.5, 0.6) is 0 Å². The smallest absolute Gasteiger partial charge is 0.240 e. The number of amides is 1. The fourth-order valence-electron chi connectivity index (χ4n) is 4.78. The summed E-state index contributed by atoms with van der Waals surface area (Å²) in [4.78, 5) is 28.4. The minimum Gasteiger partial charge on any atom is -0.356 e. The third-order valence-electron chi connectivity index (χ3n) is 6.49. The third kappa shape index (κ3) is 4.40. The molecule has 164 valence electrons. The molecule has 1 amide bonds. The van der Waals surface area contributed by atoms with Gasteiger partial charge in [0.15, 0.2) is 5.82 Å². The molecule has 0 unspecified atom stereocenters. The number of halogens is 1. The maximum absolute atomic E-state index is 12.1.